The van der Waals surface area contributed by atoms with E-state index < -0.39 is 0 Å². The molecule has 0 amide bonds. The molecule has 0 atom stereocenters. The van der Waals surface area contributed by atoms with E-state index in [9.17, 15) is 0 Å². The van der Waals surface area contributed by atoms with Crippen LogP contribution in [0.1, 0.15) is 19.3 Å². The van der Waals surface area contributed by atoms with Gasteiger partial charge < -0.3 is 5.73 Å². The SMILES string of the molecule is N=C(N)CC1(CSc2nccs2)CC1. The third kappa shape index (κ3) is 2.48. The molecule has 3 nitrogen and oxygen atoms in total. The summed E-state index contributed by atoms with van der Waals surface area (Å²) in [7, 11) is 0. The molecule has 76 valence electrons. The Morgan fingerprint density at radius 2 is 2.50 bits per heavy atom. The van der Waals surface area contributed by atoms with E-state index in [2.05, 4.69) is 4.98 Å². The second-order valence-electron chi connectivity index (χ2n) is 3.79. The van der Waals surface area contributed by atoms with Crippen LogP contribution in [0.5, 0.6) is 0 Å². The topological polar surface area (TPSA) is 62.8 Å². The predicted molar refractivity (Wildman–Crippen MR) is 61.0 cm³/mol. The first-order valence-electron chi connectivity index (χ1n) is 4.55. The van der Waals surface area contributed by atoms with Gasteiger partial charge in [-0.1, -0.05) is 11.8 Å². The molecule has 0 aromatic carbocycles. The lowest BCUT2D eigenvalue weighted by atomic mass is 10.1. The molecule has 1 fully saturated rings. The fraction of sp³-hybridized carbons (Fsp3) is 0.556. The van der Waals surface area contributed by atoms with E-state index in [0.717, 1.165) is 16.5 Å². The van der Waals surface area contributed by atoms with Gasteiger partial charge in [-0.15, -0.1) is 11.3 Å². The number of nitrogens with zero attached hydrogens (tertiary/aromatic N) is 1. The first kappa shape index (κ1) is 9.98. The Balaban J connectivity index is 1.83. The highest BCUT2D eigenvalue weighted by molar-refractivity contribution is 8.01. The van der Waals surface area contributed by atoms with Crippen LogP contribution in [-0.2, 0) is 0 Å². The van der Waals surface area contributed by atoms with E-state index in [1.165, 1.54) is 12.8 Å². The fourth-order valence-corrected chi connectivity index (χ4v) is 3.38. The molecule has 0 bridgehead atoms. The van der Waals surface area contributed by atoms with Crippen LogP contribution in [0.4, 0.5) is 0 Å². The summed E-state index contributed by atoms with van der Waals surface area (Å²) in [4.78, 5) is 4.22. The van der Waals surface area contributed by atoms with E-state index >= 15 is 0 Å². The highest BCUT2D eigenvalue weighted by Gasteiger charge is 2.42. The molecule has 1 aliphatic rings. The van der Waals surface area contributed by atoms with Crippen molar-refractivity contribution in [1.82, 2.24) is 4.98 Å². The first-order valence-corrected chi connectivity index (χ1v) is 6.42. The van der Waals surface area contributed by atoms with Crippen molar-refractivity contribution in [1.29, 1.82) is 5.41 Å². The molecule has 3 N–H and O–H groups in total. The largest absolute Gasteiger partial charge is 0.388 e. The molecule has 0 spiro atoms. The third-order valence-electron chi connectivity index (χ3n) is 2.43. The summed E-state index contributed by atoms with van der Waals surface area (Å²) >= 11 is 3.47. The Morgan fingerprint density at radius 3 is 3.00 bits per heavy atom. The maximum absolute atomic E-state index is 7.30. The van der Waals surface area contributed by atoms with Crippen LogP contribution < -0.4 is 5.73 Å². The Morgan fingerprint density at radius 1 is 1.71 bits per heavy atom. The number of nitrogens with one attached hydrogen (secondary N) is 1. The number of hydrogen-bond donors (Lipinski definition) is 2. The summed E-state index contributed by atoms with van der Waals surface area (Å²) < 4.78 is 1.12. The summed E-state index contributed by atoms with van der Waals surface area (Å²) in [6, 6.07) is 0. The molecule has 14 heavy (non-hydrogen) atoms. The number of thiazole rings is 1. The quantitative estimate of drug-likeness (QED) is 0.461. The molecule has 1 aromatic heterocycles. The van der Waals surface area contributed by atoms with Gasteiger partial charge in [0.05, 0.1) is 5.84 Å². The molecular formula is C9H13N3S2. The lowest BCUT2D eigenvalue weighted by Gasteiger charge is -2.11. The summed E-state index contributed by atoms with van der Waals surface area (Å²) in [6.45, 7) is 0. The first-order chi connectivity index (χ1) is 6.70. The van der Waals surface area contributed by atoms with Crippen LogP contribution in [0.2, 0.25) is 0 Å². The zero-order chi connectivity index (χ0) is 10.0. The minimum atomic E-state index is 0.322. The summed E-state index contributed by atoms with van der Waals surface area (Å²) in [5.41, 5.74) is 5.75. The van der Waals surface area contributed by atoms with E-state index in [1.807, 2.05) is 11.6 Å². The van der Waals surface area contributed by atoms with Crippen molar-refractivity contribution >= 4 is 28.9 Å². The fourth-order valence-electron chi connectivity index (χ4n) is 1.45. The van der Waals surface area contributed by atoms with E-state index in [-0.39, 0.29) is 0 Å². The van der Waals surface area contributed by atoms with Crippen molar-refractivity contribution in [2.45, 2.75) is 23.6 Å². The molecule has 0 radical (unpaired) electrons. The molecule has 2 rings (SSSR count). The van der Waals surface area contributed by atoms with Gasteiger partial charge in [0.15, 0.2) is 0 Å². The van der Waals surface area contributed by atoms with Gasteiger partial charge >= 0.3 is 0 Å². The van der Waals surface area contributed by atoms with Gasteiger partial charge in [-0.05, 0) is 18.3 Å². The lowest BCUT2D eigenvalue weighted by Crippen LogP contribution is -2.17. The molecule has 1 aliphatic carbocycles. The predicted octanol–water partition coefficient (Wildman–Crippen LogP) is 2.34. The van der Waals surface area contributed by atoms with Crippen molar-refractivity contribution in [3.8, 4) is 0 Å². The summed E-state index contributed by atoms with van der Waals surface area (Å²) in [5, 5.41) is 9.29. The molecule has 0 saturated heterocycles. The maximum atomic E-state index is 7.30. The highest BCUT2D eigenvalue weighted by Crippen LogP contribution is 2.51. The second kappa shape index (κ2) is 3.90. The Bertz CT molecular complexity index is 317. The smallest absolute Gasteiger partial charge is 0.149 e. The maximum Gasteiger partial charge on any atom is 0.149 e. The summed E-state index contributed by atoms with van der Waals surface area (Å²) in [5.74, 6) is 1.38. The average molecular weight is 227 g/mol. The minimum Gasteiger partial charge on any atom is -0.388 e. The second-order valence-corrected chi connectivity index (χ2v) is 5.91. The van der Waals surface area contributed by atoms with Crippen LogP contribution in [-0.4, -0.2) is 16.6 Å². The molecule has 1 saturated carbocycles. The highest BCUT2D eigenvalue weighted by atomic mass is 32.2. The van der Waals surface area contributed by atoms with Gasteiger partial charge in [-0.3, -0.25) is 5.41 Å². The number of rotatable bonds is 5. The van der Waals surface area contributed by atoms with Gasteiger partial charge in [0, 0.05) is 23.8 Å². The van der Waals surface area contributed by atoms with Crippen molar-refractivity contribution < 1.29 is 0 Å². The number of amidine groups is 1. The monoisotopic (exact) mass is 227 g/mol. The Labute approximate surface area is 91.6 Å². The summed E-state index contributed by atoms with van der Waals surface area (Å²) in [6.07, 6.45) is 5.01. The zero-order valence-electron chi connectivity index (χ0n) is 7.82. The van der Waals surface area contributed by atoms with E-state index in [1.54, 1.807) is 23.1 Å². The number of aromatic nitrogens is 1. The van der Waals surface area contributed by atoms with Crippen molar-refractivity contribution in [3.05, 3.63) is 11.6 Å². The zero-order valence-corrected chi connectivity index (χ0v) is 9.46. The normalized spacial score (nSPS) is 18.0. The molecule has 5 heteroatoms. The van der Waals surface area contributed by atoms with Crippen LogP contribution in [0.15, 0.2) is 15.9 Å². The van der Waals surface area contributed by atoms with Crippen LogP contribution in [0.3, 0.4) is 0 Å². The minimum absolute atomic E-state index is 0.322. The van der Waals surface area contributed by atoms with Gasteiger partial charge in [0.2, 0.25) is 0 Å². The average Bonchev–Trinajstić information content (AvgIpc) is 2.68. The van der Waals surface area contributed by atoms with Crippen LogP contribution in [0, 0.1) is 10.8 Å². The number of nitrogens with two attached hydrogens (primary N) is 1. The van der Waals surface area contributed by atoms with Crippen molar-refractivity contribution in [2.24, 2.45) is 11.1 Å². The van der Waals surface area contributed by atoms with Gasteiger partial charge in [-0.2, -0.15) is 0 Å². The molecular weight excluding hydrogens is 214 g/mol. The molecule has 1 aromatic rings. The number of hydrogen-bond acceptors (Lipinski definition) is 4. The lowest BCUT2D eigenvalue weighted by molar-refractivity contribution is 0.612. The van der Waals surface area contributed by atoms with Crippen molar-refractivity contribution in [2.75, 3.05) is 5.75 Å². The van der Waals surface area contributed by atoms with Gasteiger partial charge in [-0.25, -0.2) is 4.98 Å². The molecule has 0 unspecified atom stereocenters. The Hall–Kier alpha value is -0.550. The third-order valence-corrected chi connectivity index (χ3v) is 4.75. The Kier molecular flexibility index (Phi) is 2.78. The molecule has 1 heterocycles. The van der Waals surface area contributed by atoms with Crippen LogP contribution in [0.25, 0.3) is 0 Å². The van der Waals surface area contributed by atoms with Crippen molar-refractivity contribution in [3.63, 3.8) is 0 Å². The van der Waals surface area contributed by atoms with Gasteiger partial charge in [0.1, 0.15) is 4.34 Å². The van der Waals surface area contributed by atoms with E-state index in [0.29, 0.717) is 11.3 Å². The molecule has 0 aliphatic heterocycles. The van der Waals surface area contributed by atoms with Gasteiger partial charge in [0.25, 0.3) is 0 Å². The van der Waals surface area contributed by atoms with E-state index in [4.69, 9.17) is 11.1 Å². The standard InChI is InChI=1S/C9H13N3S2/c10-7(11)5-9(1-2-9)6-14-8-12-3-4-13-8/h3-4H,1-2,5-6H2,(H3,10,11). The van der Waals surface area contributed by atoms with Crippen LogP contribution >= 0.6 is 23.1 Å². The number of thioether (sulfide) groups is 1.